The molecular weight excluding hydrogens is 182 g/mol. The highest BCUT2D eigenvalue weighted by Gasteiger charge is 2.05. The zero-order valence-electron chi connectivity index (χ0n) is 10.4. The Hall–Kier alpha value is -0.820. The van der Waals surface area contributed by atoms with Crippen LogP contribution in [0.2, 0.25) is 0 Å². The number of likely N-dealkylation sites (N-methyl/N-ethyl adjacent to an activating group) is 1. The first-order valence-electron chi connectivity index (χ1n) is 5.87. The minimum Gasteiger partial charge on any atom is -0.319 e. The molecule has 0 amide bonds. The predicted molar refractivity (Wildman–Crippen MR) is 67.3 cm³/mol. The van der Waals surface area contributed by atoms with Gasteiger partial charge in [0.25, 0.3) is 0 Å². The van der Waals surface area contributed by atoms with Crippen molar-refractivity contribution in [1.29, 1.82) is 0 Å². The van der Waals surface area contributed by atoms with Gasteiger partial charge in [0.2, 0.25) is 0 Å². The molecule has 0 saturated heterocycles. The van der Waals surface area contributed by atoms with Gasteiger partial charge in [0.05, 0.1) is 0 Å². The lowest BCUT2D eigenvalue weighted by molar-refractivity contribution is 0.642. The van der Waals surface area contributed by atoms with Crippen molar-refractivity contribution < 1.29 is 0 Å². The molecule has 15 heavy (non-hydrogen) atoms. The van der Waals surface area contributed by atoms with Gasteiger partial charge >= 0.3 is 0 Å². The zero-order valence-corrected chi connectivity index (χ0v) is 10.4. The van der Waals surface area contributed by atoms with Crippen LogP contribution >= 0.6 is 0 Å². The Labute approximate surface area is 93.9 Å². The van der Waals surface area contributed by atoms with Crippen molar-refractivity contribution in [2.24, 2.45) is 5.92 Å². The molecule has 1 heteroatoms. The molecule has 0 aliphatic rings. The number of hydrogen-bond acceptors (Lipinski definition) is 1. The summed E-state index contributed by atoms with van der Waals surface area (Å²) >= 11 is 0. The smallest absolute Gasteiger partial charge is 0.00144 e. The van der Waals surface area contributed by atoms with E-state index in [9.17, 15) is 0 Å². The van der Waals surface area contributed by atoms with Gasteiger partial charge < -0.3 is 5.32 Å². The van der Waals surface area contributed by atoms with Crippen molar-refractivity contribution in [3.05, 3.63) is 35.4 Å². The van der Waals surface area contributed by atoms with E-state index < -0.39 is 0 Å². The Balaban J connectivity index is 2.73. The fourth-order valence-corrected chi connectivity index (χ4v) is 1.92. The molecule has 0 aliphatic carbocycles. The first-order valence-corrected chi connectivity index (χ1v) is 5.87. The normalized spacial score (nSPS) is 13.1. The van der Waals surface area contributed by atoms with Gasteiger partial charge in [0, 0.05) is 6.54 Å². The minimum atomic E-state index is 0.599. The topological polar surface area (TPSA) is 12.0 Å². The quantitative estimate of drug-likeness (QED) is 0.778. The van der Waals surface area contributed by atoms with E-state index >= 15 is 0 Å². The fraction of sp³-hybridized carbons (Fsp3) is 0.571. The highest BCUT2D eigenvalue weighted by atomic mass is 14.8. The third-order valence-corrected chi connectivity index (χ3v) is 2.67. The Morgan fingerprint density at radius 1 is 1.20 bits per heavy atom. The van der Waals surface area contributed by atoms with Crippen LogP contribution in [0.5, 0.6) is 0 Å². The third kappa shape index (κ3) is 4.05. The first-order chi connectivity index (χ1) is 7.13. The first kappa shape index (κ1) is 12.3. The van der Waals surface area contributed by atoms with E-state index in [0.29, 0.717) is 5.92 Å². The van der Waals surface area contributed by atoms with Crippen LogP contribution in [0.3, 0.4) is 0 Å². The fourth-order valence-electron chi connectivity index (χ4n) is 1.92. The highest BCUT2D eigenvalue weighted by Crippen LogP contribution is 2.17. The van der Waals surface area contributed by atoms with Crippen molar-refractivity contribution in [2.75, 3.05) is 13.6 Å². The molecule has 0 radical (unpaired) electrons. The van der Waals surface area contributed by atoms with Gasteiger partial charge in [0.15, 0.2) is 0 Å². The summed E-state index contributed by atoms with van der Waals surface area (Å²) in [6.45, 7) is 7.85. The van der Waals surface area contributed by atoms with Crippen LogP contribution < -0.4 is 5.32 Å². The predicted octanol–water partition coefficient (Wildman–Crippen LogP) is 3.21. The second-order valence-electron chi connectivity index (χ2n) is 4.80. The van der Waals surface area contributed by atoms with Crippen LogP contribution in [0, 0.1) is 5.92 Å². The summed E-state index contributed by atoms with van der Waals surface area (Å²) in [7, 11) is 2.01. The lowest BCUT2D eigenvalue weighted by atomic mass is 9.95. The number of nitrogens with one attached hydrogen (secondary N) is 1. The van der Waals surface area contributed by atoms with Crippen LogP contribution in [-0.2, 0) is 6.42 Å². The van der Waals surface area contributed by atoms with Crippen molar-refractivity contribution in [2.45, 2.75) is 33.1 Å². The molecule has 0 saturated carbocycles. The standard InChI is InChI=1S/C14H23N/c1-11(2)8-13-6-5-7-14(9-13)12(3)10-15-4/h5-7,9,11-12,15H,8,10H2,1-4H3. The average molecular weight is 205 g/mol. The lowest BCUT2D eigenvalue weighted by Gasteiger charge is -2.13. The van der Waals surface area contributed by atoms with Crippen LogP contribution in [0.4, 0.5) is 0 Å². The summed E-state index contributed by atoms with van der Waals surface area (Å²) in [5.41, 5.74) is 2.91. The SMILES string of the molecule is CNCC(C)c1cccc(CC(C)C)c1. The van der Waals surface area contributed by atoms with Crippen molar-refractivity contribution in [3.8, 4) is 0 Å². The maximum Gasteiger partial charge on any atom is 0.00144 e. The summed E-state index contributed by atoms with van der Waals surface area (Å²) in [6, 6.07) is 8.99. The second-order valence-corrected chi connectivity index (χ2v) is 4.80. The van der Waals surface area contributed by atoms with E-state index in [4.69, 9.17) is 0 Å². The van der Waals surface area contributed by atoms with Crippen LogP contribution in [0.1, 0.15) is 37.8 Å². The Kier molecular flexibility index (Phi) is 4.83. The molecule has 0 aliphatic heterocycles. The van der Waals surface area contributed by atoms with Gasteiger partial charge in [0.1, 0.15) is 0 Å². The number of benzene rings is 1. The Bertz CT molecular complexity index is 291. The van der Waals surface area contributed by atoms with Gasteiger partial charge in [-0.25, -0.2) is 0 Å². The van der Waals surface area contributed by atoms with Crippen molar-refractivity contribution in [1.82, 2.24) is 5.32 Å². The average Bonchev–Trinajstić information content (AvgIpc) is 2.17. The van der Waals surface area contributed by atoms with Gasteiger partial charge in [-0.05, 0) is 36.4 Å². The van der Waals surface area contributed by atoms with Crippen LogP contribution in [0.25, 0.3) is 0 Å². The molecule has 1 atom stereocenters. The van der Waals surface area contributed by atoms with Gasteiger partial charge in [-0.15, -0.1) is 0 Å². The molecule has 1 aromatic carbocycles. The molecular formula is C14H23N. The molecule has 1 unspecified atom stereocenters. The zero-order chi connectivity index (χ0) is 11.3. The summed E-state index contributed by atoms with van der Waals surface area (Å²) in [5.74, 6) is 1.34. The summed E-state index contributed by atoms with van der Waals surface area (Å²) in [5, 5.41) is 3.23. The molecule has 1 rings (SSSR count). The van der Waals surface area contributed by atoms with E-state index in [1.807, 2.05) is 7.05 Å². The molecule has 0 bridgehead atoms. The molecule has 0 spiro atoms. The number of hydrogen-bond donors (Lipinski definition) is 1. The van der Waals surface area contributed by atoms with Gasteiger partial charge in [-0.2, -0.15) is 0 Å². The second kappa shape index (κ2) is 5.92. The van der Waals surface area contributed by atoms with E-state index in [2.05, 4.69) is 50.4 Å². The van der Waals surface area contributed by atoms with E-state index in [1.54, 1.807) is 0 Å². The Morgan fingerprint density at radius 3 is 2.53 bits per heavy atom. The minimum absolute atomic E-state index is 0.599. The largest absolute Gasteiger partial charge is 0.319 e. The molecule has 1 N–H and O–H groups in total. The molecule has 1 aromatic rings. The summed E-state index contributed by atoms with van der Waals surface area (Å²) in [6.07, 6.45) is 1.18. The highest BCUT2D eigenvalue weighted by molar-refractivity contribution is 5.26. The molecule has 84 valence electrons. The van der Waals surface area contributed by atoms with Crippen molar-refractivity contribution in [3.63, 3.8) is 0 Å². The third-order valence-electron chi connectivity index (χ3n) is 2.67. The molecule has 0 fully saturated rings. The number of rotatable bonds is 5. The lowest BCUT2D eigenvalue weighted by Crippen LogP contribution is -2.14. The Morgan fingerprint density at radius 2 is 1.93 bits per heavy atom. The van der Waals surface area contributed by atoms with E-state index in [-0.39, 0.29) is 0 Å². The van der Waals surface area contributed by atoms with E-state index in [0.717, 1.165) is 12.5 Å². The van der Waals surface area contributed by atoms with Gasteiger partial charge in [-0.3, -0.25) is 0 Å². The summed E-state index contributed by atoms with van der Waals surface area (Å²) < 4.78 is 0. The van der Waals surface area contributed by atoms with Crippen LogP contribution in [-0.4, -0.2) is 13.6 Å². The molecule has 0 heterocycles. The monoisotopic (exact) mass is 205 g/mol. The van der Waals surface area contributed by atoms with Crippen LogP contribution in [0.15, 0.2) is 24.3 Å². The maximum absolute atomic E-state index is 3.23. The van der Waals surface area contributed by atoms with Gasteiger partial charge in [-0.1, -0.05) is 45.0 Å². The maximum atomic E-state index is 3.23. The molecule has 0 aromatic heterocycles. The van der Waals surface area contributed by atoms with Crippen molar-refractivity contribution >= 4 is 0 Å². The molecule has 1 nitrogen and oxygen atoms in total. The van der Waals surface area contributed by atoms with E-state index in [1.165, 1.54) is 17.5 Å². The summed E-state index contributed by atoms with van der Waals surface area (Å²) in [4.78, 5) is 0.